The molecule has 25 heavy (non-hydrogen) atoms. The quantitative estimate of drug-likeness (QED) is 0.666. The molecule has 0 spiro atoms. The van der Waals surface area contributed by atoms with Gasteiger partial charge in [0.05, 0.1) is 11.1 Å². The number of pyridine rings is 1. The largest absolute Gasteiger partial charge is 0.421 e. The number of aromatic nitrogens is 3. The Morgan fingerprint density at radius 3 is 2.28 bits per heavy atom. The fourth-order valence-electron chi connectivity index (χ4n) is 2.80. The van der Waals surface area contributed by atoms with Gasteiger partial charge in [-0.15, -0.1) is 10.2 Å². The molecule has 0 atom stereocenters. The first kappa shape index (κ1) is 15.2. The number of imide groups is 1. The highest BCUT2D eigenvalue weighted by Crippen LogP contribution is 2.23. The van der Waals surface area contributed by atoms with Crippen molar-refractivity contribution >= 4 is 11.8 Å². The normalized spacial score (nSPS) is 13.4. The minimum atomic E-state index is -0.247. The van der Waals surface area contributed by atoms with Crippen LogP contribution in [0.3, 0.4) is 0 Å². The SMILES string of the molecule is O=C1c2ccccc2C(=O)N1CCCc1nnc(-c2ccncc2)o1. The maximum Gasteiger partial charge on any atom is 0.261 e. The van der Waals surface area contributed by atoms with Crippen molar-refractivity contribution in [2.24, 2.45) is 0 Å². The van der Waals surface area contributed by atoms with E-state index >= 15 is 0 Å². The van der Waals surface area contributed by atoms with Gasteiger partial charge in [0.15, 0.2) is 0 Å². The fourth-order valence-corrected chi connectivity index (χ4v) is 2.80. The first-order valence-electron chi connectivity index (χ1n) is 7.92. The molecule has 3 heterocycles. The van der Waals surface area contributed by atoms with Crippen LogP contribution in [0.1, 0.15) is 33.0 Å². The molecule has 1 aliphatic rings. The van der Waals surface area contributed by atoms with Crippen LogP contribution in [0.4, 0.5) is 0 Å². The zero-order chi connectivity index (χ0) is 17.2. The molecule has 0 bridgehead atoms. The third kappa shape index (κ3) is 2.80. The maximum absolute atomic E-state index is 12.3. The Labute approximate surface area is 143 Å². The summed E-state index contributed by atoms with van der Waals surface area (Å²) < 4.78 is 5.61. The van der Waals surface area contributed by atoms with E-state index in [-0.39, 0.29) is 11.8 Å². The highest BCUT2D eigenvalue weighted by atomic mass is 16.4. The molecule has 0 saturated carbocycles. The molecule has 0 aliphatic carbocycles. The second kappa shape index (κ2) is 6.27. The van der Waals surface area contributed by atoms with Gasteiger partial charge < -0.3 is 4.42 Å². The molecule has 1 aromatic carbocycles. The predicted molar refractivity (Wildman–Crippen MR) is 87.7 cm³/mol. The van der Waals surface area contributed by atoms with E-state index in [1.807, 2.05) is 0 Å². The number of amides is 2. The number of aryl methyl sites for hydroxylation is 1. The van der Waals surface area contributed by atoms with Crippen LogP contribution in [0.25, 0.3) is 11.5 Å². The van der Waals surface area contributed by atoms with Gasteiger partial charge in [0.25, 0.3) is 11.8 Å². The average Bonchev–Trinajstić information content (AvgIpc) is 3.22. The third-order valence-corrected chi connectivity index (χ3v) is 4.04. The Bertz CT molecular complexity index is 901. The van der Waals surface area contributed by atoms with E-state index in [4.69, 9.17) is 4.42 Å². The van der Waals surface area contributed by atoms with Crippen molar-refractivity contribution in [2.75, 3.05) is 6.54 Å². The van der Waals surface area contributed by atoms with E-state index in [9.17, 15) is 9.59 Å². The molecule has 7 nitrogen and oxygen atoms in total. The minimum Gasteiger partial charge on any atom is -0.421 e. The second-order valence-electron chi connectivity index (χ2n) is 5.65. The molecule has 0 unspecified atom stereocenters. The highest BCUT2D eigenvalue weighted by molar-refractivity contribution is 6.21. The number of carbonyl (C=O) groups is 2. The van der Waals surface area contributed by atoms with E-state index < -0.39 is 0 Å². The molecule has 3 aromatic rings. The van der Waals surface area contributed by atoms with E-state index in [2.05, 4.69) is 15.2 Å². The standard InChI is InChI=1S/C18H14N4O3/c23-17-13-4-1-2-5-14(13)18(24)22(17)11-3-6-15-20-21-16(25-15)12-7-9-19-10-8-12/h1-2,4-5,7-10H,3,6,11H2. The Hall–Kier alpha value is -3.35. The van der Waals surface area contributed by atoms with E-state index in [0.29, 0.717) is 42.3 Å². The number of nitrogens with zero attached hydrogens (tertiary/aromatic N) is 4. The lowest BCUT2D eigenvalue weighted by atomic mass is 10.1. The summed E-state index contributed by atoms with van der Waals surface area (Å²) in [4.78, 5) is 29.8. The summed E-state index contributed by atoms with van der Waals surface area (Å²) in [5.41, 5.74) is 1.73. The number of hydrogen-bond acceptors (Lipinski definition) is 6. The smallest absolute Gasteiger partial charge is 0.261 e. The predicted octanol–water partition coefficient (Wildman–Crippen LogP) is 2.36. The van der Waals surface area contributed by atoms with Crippen molar-refractivity contribution in [3.63, 3.8) is 0 Å². The maximum atomic E-state index is 12.3. The van der Waals surface area contributed by atoms with Crippen LogP contribution < -0.4 is 0 Å². The molecular formula is C18H14N4O3. The Kier molecular flexibility index (Phi) is 3.81. The summed E-state index contributed by atoms with van der Waals surface area (Å²) in [7, 11) is 0. The number of carbonyl (C=O) groups excluding carboxylic acids is 2. The van der Waals surface area contributed by atoms with Gasteiger partial charge >= 0.3 is 0 Å². The van der Waals surface area contributed by atoms with Crippen molar-refractivity contribution in [1.82, 2.24) is 20.1 Å². The van der Waals surface area contributed by atoms with Crippen LogP contribution >= 0.6 is 0 Å². The molecule has 0 radical (unpaired) electrons. The Morgan fingerprint density at radius 1 is 0.920 bits per heavy atom. The third-order valence-electron chi connectivity index (χ3n) is 4.04. The van der Waals surface area contributed by atoms with Crippen molar-refractivity contribution in [3.8, 4) is 11.5 Å². The van der Waals surface area contributed by atoms with Gasteiger partial charge in [-0.3, -0.25) is 19.5 Å². The molecule has 0 saturated heterocycles. The lowest BCUT2D eigenvalue weighted by molar-refractivity contribution is 0.0652. The molecule has 124 valence electrons. The van der Waals surface area contributed by atoms with Gasteiger partial charge in [-0.25, -0.2) is 0 Å². The van der Waals surface area contributed by atoms with Gasteiger partial charge in [0.2, 0.25) is 11.8 Å². The Morgan fingerprint density at radius 2 is 1.60 bits per heavy atom. The Balaban J connectivity index is 1.39. The summed E-state index contributed by atoms with van der Waals surface area (Å²) in [6, 6.07) is 10.4. The molecular weight excluding hydrogens is 320 g/mol. The van der Waals surface area contributed by atoms with Gasteiger partial charge in [-0.1, -0.05) is 12.1 Å². The molecule has 0 N–H and O–H groups in total. The van der Waals surface area contributed by atoms with Crippen LogP contribution in [0.5, 0.6) is 0 Å². The van der Waals surface area contributed by atoms with Crippen LogP contribution in [0, 0.1) is 0 Å². The van der Waals surface area contributed by atoms with Gasteiger partial charge in [-0.2, -0.15) is 0 Å². The first-order valence-corrected chi connectivity index (χ1v) is 7.92. The van der Waals surface area contributed by atoms with Crippen LogP contribution in [0.15, 0.2) is 53.2 Å². The van der Waals surface area contributed by atoms with E-state index in [0.717, 1.165) is 5.56 Å². The second-order valence-corrected chi connectivity index (χ2v) is 5.65. The molecule has 4 rings (SSSR count). The molecule has 2 amide bonds. The summed E-state index contributed by atoms with van der Waals surface area (Å²) in [6.45, 7) is 0.319. The van der Waals surface area contributed by atoms with Crippen LogP contribution in [-0.4, -0.2) is 38.4 Å². The van der Waals surface area contributed by atoms with Crippen molar-refractivity contribution < 1.29 is 14.0 Å². The number of rotatable bonds is 5. The number of fused-ring (bicyclic) bond motifs is 1. The van der Waals surface area contributed by atoms with Crippen LogP contribution in [0.2, 0.25) is 0 Å². The monoisotopic (exact) mass is 334 g/mol. The molecule has 1 aliphatic heterocycles. The first-order chi connectivity index (χ1) is 12.2. The number of hydrogen-bond donors (Lipinski definition) is 0. The van der Waals surface area contributed by atoms with Gasteiger partial charge in [0, 0.05) is 30.9 Å². The number of benzene rings is 1. The lowest BCUT2D eigenvalue weighted by Gasteiger charge is -2.12. The summed E-state index contributed by atoms with van der Waals surface area (Å²) in [5, 5.41) is 8.02. The average molecular weight is 334 g/mol. The summed E-state index contributed by atoms with van der Waals surface area (Å²) in [5.74, 6) is 0.411. The summed E-state index contributed by atoms with van der Waals surface area (Å²) in [6.07, 6.45) is 4.36. The lowest BCUT2D eigenvalue weighted by Crippen LogP contribution is -2.30. The van der Waals surface area contributed by atoms with Crippen molar-refractivity contribution in [1.29, 1.82) is 0 Å². The van der Waals surface area contributed by atoms with Gasteiger partial charge in [-0.05, 0) is 30.7 Å². The topological polar surface area (TPSA) is 89.2 Å². The minimum absolute atomic E-state index is 0.247. The van der Waals surface area contributed by atoms with Gasteiger partial charge in [0.1, 0.15) is 0 Å². The zero-order valence-corrected chi connectivity index (χ0v) is 13.3. The summed E-state index contributed by atoms with van der Waals surface area (Å²) >= 11 is 0. The molecule has 0 fully saturated rings. The highest BCUT2D eigenvalue weighted by Gasteiger charge is 2.34. The zero-order valence-electron chi connectivity index (χ0n) is 13.3. The molecule has 2 aromatic heterocycles. The van der Waals surface area contributed by atoms with E-state index in [1.165, 1.54) is 4.90 Å². The van der Waals surface area contributed by atoms with Crippen molar-refractivity contribution in [2.45, 2.75) is 12.8 Å². The fraction of sp³-hybridized carbons (Fsp3) is 0.167. The van der Waals surface area contributed by atoms with E-state index in [1.54, 1.807) is 48.8 Å². The van der Waals surface area contributed by atoms with Crippen molar-refractivity contribution in [3.05, 3.63) is 65.8 Å². The molecule has 7 heteroatoms. The van der Waals surface area contributed by atoms with Crippen LogP contribution in [-0.2, 0) is 6.42 Å².